The third kappa shape index (κ3) is 2.91. The minimum absolute atomic E-state index is 0.154. The molecule has 0 saturated heterocycles. The van der Waals surface area contributed by atoms with E-state index in [1.807, 2.05) is 13.0 Å². The molecule has 0 saturated carbocycles. The van der Waals surface area contributed by atoms with Crippen molar-refractivity contribution in [1.29, 1.82) is 0 Å². The number of ether oxygens (including phenoxy) is 1. The van der Waals surface area contributed by atoms with E-state index < -0.39 is 0 Å². The molecule has 2 rings (SSSR count). The lowest BCUT2D eigenvalue weighted by Gasteiger charge is -2.13. The Labute approximate surface area is 124 Å². The van der Waals surface area contributed by atoms with Gasteiger partial charge in [-0.3, -0.25) is 4.79 Å². The van der Waals surface area contributed by atoms with Gasteiger partial charge in [-0.15, -0.1) is 0 Å². The van der Waals surface area contributed by atoms with E-state index in [2.05, 4.69) is 25.9 Å². The highest BCUT2D eigenvalue weighted by Gasteiger charge is 2.17. The molecule has 0 aliphatic heterocycles. The zero-order chi connectivity index (χ0) is 14.7. The van der Waals surface area contributed by atoms with Crippen LogP contribution in [0.2, 0.25) is 0 Å². The summed E-state index contributed by atoms with van der Waals surface area (Å²) in [7, 11) is 1.54. The molecule has 0 aliphatic rings. The highest BCUT2D eigenvalue weighted by Crippen LogP contribution is 2.27. The lowest BCUT2D eigenvalue weighted by atomic mass is 10.1. The fourth-order valence-corrected chi connectivity index (χ4v) is 2.41. The Bertz CT molecular complexity index is 666. The van der Waals surface area contributed by atoms with Crippen LogP contribution in [0.5, 0.6) is 5.88 Å². The van der Waals surface area contributed by atoms with Crippen LogP contribution in [-0.2, 0) is 4.74 Å². The van der Waals surface area contributed by atoms with Crippen LogP contribution in [0.25, 0.3) is 11.1 Å². The predicted octanol–water partition coefficient (Wildman–Crippen LogP) is 3.00. The van der Waals surface area contributed by atoms with Crippen LogP contribution in [-0.4, -0.2) is 22.2 Å². The molecule has 1 aromatic heterocycles. The van der Waals surface area contributed by atoms with E-state index in [4.69, 9.17) is 4.74 Å². The summed E-state index contributed by atoms with van der Waals surface area (Å²) < 4.78 is 6.03. The third-order valence-corrected chi connectivity index (χ3v) is 3.49. The maximum Gasteiger partial charge on any atom is 0.262 e. The van der Waals surface area contributed by atoms with Crippen molar-refractivity contribution in [3.05, 3.63) is 44.9 Å². The van der Waals surface area contributed by atoms with E-state index >= 15 is 0 Å². The Morgan fingerprint density at radius 1 is 1.50 bits per heavy atom. The first-order chi connectivity index (χ1) is 9.56. The van der Waals surface area contributed by atoms with Gasteiger partial charge in [-0.2, -0.15) is 4.98 Å². The highest BCUT2D eigenvalue weighted by atomic mass is 79.9. The topological polar surface area (TPSA) is 75.2 Å². The number of methoxy groups -OCH3 is 1. The maximum atomic E-state index is 12.2. The van der Waals surface area contributed by atoms with Crippen molar-refractivity contribution < 1.29 is 9.84 Å². The zero-order valence-electron chi connectivity index (χ0n) is 11.2. The van der Waals surface area contributed by atoms with Gasteiger partial charge in [0.1, 0.15) is 17.5 Å². The van der Waals surface area contributed by atoms with Crippen LogP contribution in [0.4, 0.5) is 0 Å². The molecule has 0 fully saturated rings. The predicted molar refractivity (Wildman–Crippen MR) is 79.7 cm³/mol. The fourth-order valence-electron chi connectivity index (χ4n) is 2.01. The summed E-state index contributed by atoms with van der Waals surface area (Å²) in [5, 5.41) is 10.1. The first kappa shape index (κ1) is 14.7. The largest absolute Gasteiger partial charge is 0.493 e. The number of H-pyrrole nitrogens is 1. The molecule has 0 amide bonds. The first-order valence-corrected chi connectivity index (χ1v) is 6.98. The van der Waals surface area contributed by atoms with Crippen molar-refractivity contribution >= 4 is 15.9 Å². The van der Waals surface area contributed by atoms with Gasteiger partial charge in [-0.1, -0.05) is 35.0 Å². The molecule has 0 radical (unpaired) electrons. The van der Waals surface area contributed by atoms with Crippen LogP contribution < -0.4 is 5.56 Å². The molecule has 1 unspecified atom stereocenters. The Morgan fingerprint density at radius 3 is 2.80 bits per heavy atom. The summed E-state index contributed by atoms with van der Waals surface area (Å²) in [5.41, 5.74) is 0.366. The average Bonchev–Trinajstić information content (AvgIpc) is 2.39. The summed E-state index contributed by atoms with van der Waals surface area (Å²) in [6, 6.07) is 7.12. The van der Waals surface area contributed by atoms with Crippen molar-refractivity contribution in [3.63, 3.8) is 0 Å². The van der Waals surface area contributed by atoms with Gasteiger partial charge in [0.2, 0.25) is 5.88 Å². The SMILES string of the molecule is CCC(OC)c1nc(O)c(-c2cccc(Br)c2)c(=O)[nH]1. The molecule has 2 aromatic rings. The molecule has 2 N–H and O–H groups in total. The zero-order valence-corrected chi connectivity index (χ0v) is 12.8. The number of nitrogens with zero attached hydrogens (tertiary/aromatic N) is 1. The molecule has 1 heterocycles. The summed E-state index contributed by atoms with van der Waals surface area (Å²) in [6.07, 6.45) is 0.305. The van der Waals surface area contributed by atoms with Crippen LogP contribution in [0.15, 0.2) is 33.5 Å². The lowest BCUT2D eigenvalue weighted by molar-refractivity contribution is 0.0918. The Morgan fingerprint density at radius 2 is 2.25 bits per heavy atom. The minimum atomic E-state index is -0.388. The molecule has 6 heteroatoms. The van der Waals surface area contributed by atoms with Crippen molar-refractivity contribution in [1.82, 2.24) is 9.97 Å². The Kier molecular flexibility index (Phi) is 4.57. The number of aromatic hydroxyl groups is 1. The standard InChI is InChI=1S/C14H15BrN2O3/c1-3-10(20-2)12-16-13(18)11(14(19)17-12)8-5-4-6-9(15)7-8/h4-7,10H,3H2,1-2H3,(H2,16,17,18,19). The average molecular weight is 339 g/mol. The number of hydrogen-bond acceptors (Lipinski definition) is 4. The van der Waals surface area contributed by atoms with E-state index in [0.29, 0.717) is 17.8 Å². The van der Waals surface area contributed by atoms with Crippen LogP contribution in [0, 0.1) is 0 Å². The van der Waals surface area contributed by atoms with Crippen LogP contribution in [0.3, 0.4) is 0 Å². The van der Waals surface area contributed by atoms with Gasteiger partial charge in [0, 0.05) is 11.6 Å². The Balaban J connectivity index is 2.55. The van der Waals surface area contributed by atoms with Crippen LogP contribution >= 0.6 is 15.9 Å². The van der Waals surface area contributed by atoms with Gasteiger partial charge in [-0.05, 0) is 24.1 Å². The van der Waals surface area contributed by atoms with Crippen molar-refractivity contribution in [3.8, 4) is 17.0 Å². The number of benzene rings is 1. The molecule has 0 bridgehead atoms. The van der Waals surface area contributed by atoms with Crippen molar-refractivity contribution in [2.45, 2.75) is 19.4 Å². The second kappa shape index (κ2) is 6.19. The molecule has 1 atom stereocenters. The molecular formula is C14H15BrN2O3. The Hall–Kier alpha value is -1.66. The molecule has 0 spiro atoms. The highest BCUT2D eigenvalue weighted by molar-refractivity contribution is 9.10. The van der Waals surface area contributed by atoms with Crippen LogP contribution in [0.1, 0.15) is 25.3 Å². The van der Waals surface area contributed by atoms with Gasteiger partial charge >= 0.3 is 0 Å². The summed E-state index contributed by atoms with van der Waals surface area (Å²) in [6.45, 7) is 1.91. The maximum absolute atomic E-state index is 12.2. The van der Waals surface area contributed by atoms with Gasteiger partial charge in [-0.25, -0.2) is 0 Å². The first-order valence-electron chi connectivity index (χ1n) is 6.18. The van der Waals surface area contributed by atoms with E-state index in [1.54, 1.807) is 18.2 Å². The van der Waals surface area contributed by atoms with Crippen molar-refractivity contribution in [2.24, 2.45) is 0 Å². The van der Waals surface area contributed by atoms with E-state index in [0.717, 1.165) is 4.47 Å². The third-order valence-electron chi connectivity index (χ3n) is 2.99. The normalized spacial score (nSPS) is 12.3. The molecule has 1 aromatic carbocycles. The molecular weight excluding hydrogens is 324 g/mol. The van der Waals surface area contributed by atoms with Gasteiger partial charge in [0.05, 0.1) is 0 Å². The van der Waals surface area contributed by atoms with Gasteiger partial charge in [0.15, 0.2) is 0 Å². The number of rotatable bonds is 4. The minimum Gasteiger partial charge on any atom is -0.493 e. The summed E-state index contributed by atoms with van der Waals surface area (Å²) in [4.78, 5) is 18.9. The number of nitrogens with one attached hydrogen (secondary N) is 1. The molecule has 106 valence electrons. The van der Waals surface area contributed by atoms with Crippen molar-refractivity contribution in [2.75, 3.05) is 7.11 Å². The molecule has 5 nitrogen and oxygen atoms in total. The summed E-state index contributed by atoms with van der Waals surface area (Å²) in [5.74, 6) is 0.0357. The molecule has 0 aliphatic carbocycles. The van der Waals surface area contributed by atoms with E-state index in [1.165, 1.54) is 7.11 Å². The monoisotopic (exact) mass is 338 g/mol. The lowest BCUT2D eigenvalue weighted by Crippen LogP contribution is -2.17. The number of hydrogen-bond donors (Lipinski definition) is 2. The quantitative estimate of drug-likeness (QED) is 0.898. The van der Waals surface area contributed by atoms with Gasteiger partial charge < -0.3 is 14.8 Å². The fraction of sp³-hybridized carbons (Fsp3) is 0.286. The number of aromatic amines is 1. The second-order valence-corrected chi connectivity index (χ2v) is 5.21. The number of halogens is 1. The smallest absolute Gasteiger partial charge is 0.262 e. The molecule has 20 heavy (non-hydrogen) atoms. The number of aromatic nitrogens is 2. The van der Waals surface area contributed by atoms with Gasteiger partial charge in [0.25, 0.3) is 5.56 Å². The second-order valence-electron chi connectivity index (χ2n) is 4.29. The summed E-state index contributed by atoms with van der Waals surface area (Å²) >= 11 is 3.33. The van der Waals surface area contributed by atoms with E-state index in [-0.39, 0.29) is 23.1 Å². The van der Waals surface area contributed by atoms with E-state index in [9.17, 15) is 9.90 Å².